The van der Waals surface area contributed by atoms with Crippen LogP contribution in [-0.4, -0.2) is 29.8 Å². The first kappa shape index (κ1) is 21.8. The molecule has 0 spiro atoms. The molecule has 28 heavy (non-hydrogen) atoms. The molecule has 6 nitrogen and oxygen atoms in total. The van der Waals surface area contributed by atoms with Crippen LogP contribution in [0.2, 0.25) is 0 Å². The van der Waals surface area contributed by atoms with Crippen LogP contribution in [-0.2, 0) is 27.2 Å². The van der Waals surface area contributed by atoms with Crippen LogP contribution in [0.15, 0.2) is 48.5 Å². The predicted octanol–water partition coefficient (Wildman–Crippen LogP) is 1.69. The van der Waals surface area contributed by atoms with Crippen molar-refractivity contribution in [2.75, 3.05) is 0 Å². The Balaban J connectivity index is 2.11. The molecule has 0 radical (unpaired) electrons. The number of hydrogen-bond donors (Lipinski definition) is 3. The van der Waals surface area contributed by atoms with Crippen molar-refractivity contribution in [2.45, 2.75) is 31.8 Å². The van der Waals surface area contributed by atoms with E-state index in [9.17, 15) is 18.8 Å². The van der Waals surface area contributed by atoms with Crippen molar-refractivity contribution in [1.82, 2.24) is 10.6 Å². The number of amides is 3. The summed E-state index contributed by atoms with van der Waals surface area (Å²) in [7, 11) is 0. The van der Waals surface area contributed by atoms with E-state index in [4.69, 9.17) is 5.73 Å². The van der Waals surface area contributed by atoms with E-state index in [1.54, 1.807) is 0 Å². The van der Waals surface area contributed by atoms with Gasteiger partial charge in [0.25, 0.3) is 0 Å². The quantitative estimate of drug-likeness (QED) is 0.484. The van der Waals surface area contributed by atoms with E-state index in [2.05, 4.69) is 33.2 Å². The number of benzene rings is 2. The predicted molar refractivity (Wildman–Crippen MR) is 112 cm³/mol. The van der Waals surface area contributed by atoms with Crippen LogP contribution in [0.5, 0.6) is 0 Å². The van der Waals surface area contributed by atoms with E-state index in [1.165, 1.54) is 31.2 Å². The molecule has 3 amide bonds. The average molecular weight is 497 g/mol. The third kappa shape index (κ3) is 6.91. The lowest BCUT2D eigenvalue weighted by Crippen LogP contribution is -2.54. The van der Waals surface area contributed by atoms with E-state index < -0.39 is 35.6 Å². The van der Waals surface area contributed by atoms with Crippen molar-refractivity contribution in [3.63, 3.8) is 0 Å². The van der Waals surface area contributed by atoms with Crippen LogP contribution >= 0.6 is 22.6 Å². The van der Waals surface area contributed by atoms with Crippen molar-refractivity contribution < 1.29 is 18.8 Å². The third-order valence-corrected chi connectivity index (χ3v) is 4.78. The van der Waals surface area contributed by atoms with Crippen LogP contribution in [0.3, 0.4) is 0 Å². The SMILES string of the molecule is CC(=O)N[C@@H](Cc1ccc(F)cc1)C(=O)N[C@@H](Cc1ccc(I)cc1)C(N)=O. The summed E-state index contributed by atoms with van der Waals surface area (Å²) >= 11 is 2.17. The Morgan fingerprint density at radius 3 is 1.93 bits per heavy atom. The fourth-order valence-corrected chi connectivity index (χ4v) is 3.02. The van der Waals surface area contributed by atoms with Gasteiger partial charge in [-0.05, 0) is 58.0 Å². The summed E-state index contributed by atoms with van der Waals surface area (Å²) < 4.78 is 14.1. The number of primary amides is 1. The first-order valence-electron chi connectivity index (χ1n) is 8.60. The first-order valence-corrected chi connectivity index (χ1v) is 9.68. The molecule has 2 aromatic carbocycles. The van der Waals surface area contributed by atoms with Gasteiger partial charge in [0.15, 0.2) is 0 Å². The van der Waals surface area contributed by atoms with Gasteiger partial charge in [0.1, 0.15) is 17.9 Å². The van der Waals surface area contributed by atoms with Gasteiger partial charge in [-0.2, -0.15) is 0 Å². The Morgan fingerprint density at radius 1 is 0.929 bits per heavy atom. The van der Waals surface area contributed by atoms with Gasteiger partial charge in [0, 0.05) is 23.3 Å². The van der Waals surface area contributed by atoms with E-state index in [1.807, 2.05) is 24.3 Å². The third-order valence-electron chi connectivity index (χ3n) is 4.06. The van der Waals surface area contributed by atoms with Crippen molar-refractivity contribution in [1.29, 1.82) is 0 Å². The zero-order valence-electron chi connectivity index (χ0n) is 15.2. The van der Waals surface area contributed by atoms with E-state index in [0.717, 1.165) is 9.13 Å². The Kier molecular flexibility index (Phi) is 7.91. The maximum absolute atomic E-state index is 13.1. The van der Waals surface area contributed by atoms with Crippen molar-refractivity contribution in [3.8, 4) is 0 Å². The highest BCUT2D eigenvalue weighted by atomic mass is 127. The molecule has 0 aliphatic heterocycles. The zero-order chi connectivity index (χ0) is 20.7. The monoisotopic (exact) mass is 497 g/mol. The number of nitrogens with one attached hydrogen (secondary N) is 2. The minimum atomic E-state index is -0.919. The van der Waals surface area contributed by atoms with Gasteiger partial charge < -0.3 is 16.4 Å². The Bertz CT molecular complexity index is 841. The molecular weight excluding hydrogens is 476 g/mol. The largest absolute Gasteiger partial charge is 0.368 e. The summed E-state index contributed by atoms with van der Waals surface area (Å²) in [5.41, 5.74) is 6.97. The summed E-state index contributed by atoms with van der Waals surface area (Å²) in [5, 5.41) is 5.17. The molecule has 0 fully saturated rings. The van der Waals surface area contributed by atoms with Gasteiger partial charge in [-0.1, -0.05) is 24.3 Å². The molecule has 148 valence electrons. The second kappa shape index (κ2) is 10.2. The highest BCUT2D eigenvalue weighted by Crippen LogP contribution is 2.10. The lowest BCUT2D eigenvalue weighted by atomic mass is 10.0. The second-order valence-electron chi connectivity index (χ2n) is 6.38. The molecule has 2 atom stereocenters. The highest BCUT2D eigenvalue weighted by Gasteiger charge is 2.25. The zero-order valence-corrected chi connectivity index (χ0v) is 17.4. The molecule has 0 bridgehead atoms. The van der Waals surface area contributed by atoms with Gasteiger partial charge in [0.05, 0.1) is 0 Å². The van der Waals surface area contributed by atoms with Crippen LogP contribution in [0.4, 0.5) is 4.39 Å². The molecule has 0 saturated heterocycles. The molecular formula is C20H21FIN3O3. The molecule has 0 aliphatic carbocycles. The summed E-state index contributed by atoms with van der Waals surface area (Å²) in [6, 6.07) is 11.3. The highest BCUT2D eigenvalue weighted by molar-refractivity contribution is 14.1. The lowest BCUT2D eigenvalue weighted by Gasteiger charge is -2.22. The molecule has 0 saturated carbocycles. The maximum atomic E-state index is 13.1. The Hall–Kier alpha value is -2.49. The summed E-state index contributed by atoms with van der Waals surface area (Å²) in [6.07, 6.45) is 0.391. The van der Waals surface area contributed by atoms with Crippen LogP contribution in [0, 0.1) is 9.39 Å². The van der Waals surface area contributed by atoms with Crippen molar-refractivity contribution in [3.05, 3.63) is 69.0 Å². The number of carbonyl (C=O) groups is 3. The van der Waals surface area contributed by atoms with Crippen molar-refractivity contribution >= 4 is 40.3 Å². The number of hydrogen-bond acceptors (Lipinski definition) is 3. The Labute approximate surface area is 176 Å². The van der Waals surface area contributed by atoms with Gasteiger partial charge >= 0.3 is 0 Å². The number of rotatable bonds is 8. The molecule has 0 unspecified atom stereocenters. The maximum Gasteiger partial charge on any atom is 0.243 e. The minimum absolute atomic E-state index is 0.153. The first-order chi connectivity index (χ1) is 13.2. The fraction of sp³-hybridized carbons (Fsp3) is 0.250. The van der Waals surface area contributed by atoms with Gasteiger partial charge in [-0.15, -0.1) is 0 Å². The van der Waals surface area contributed by atoms with E-state index in [0.29, 0.717) is 5.56 Å². The topological polar surface area (TPSA) is 101 Å². The molecule has 0 heterocycles. The van der Waals surface area contributed by atoms with Gasteiger partial charge in [-0.25, -0.2) is 4.39 Å². The second-order valence-corrected chi connectivity index (χ2v) is 7.62. The summed E-state index contributed by atoms with van der Waals surface area (Å²) in [5.74, 6) is -1.99. The Morgan fingerprint density at radius 2 is 1.43 bits per heavy atom. The molecule has 2 aromatic rings. The normalized spacial score (nSPS) is 12.7. The average Bonchev–Trinajstić information content (AvgIpc) is 2.63. The molecule has 0 aromatic heterocycles. The molecule has 0 aliphatic rings. The van der Waals surface area contributed by atoms with Crippen LogP contribution < -0.4 is 16.4 Å². The molecule has 8 heteroatoms. The summed E-state index contributed by atoms with van der Waals surface area (Å²) in [4.78, 5) is 36.0. The van der Waals surface area contributed by atoms with Gasteiger partial charge in [-0.3, -0.25) is 14.4 Å². The molecule has 4 N–H and O–H groups in total. The van der Waals surface area contributed by atoms with Gasteiger partial charge in [0.2, 0.25) is 17.7 Å². The number of halogens is 2. The standard InChI is InChI=1S/C20H21FIN3O3/c1-12(26)24-18(11-13-2-6-15(21)7-3-13)20(28)25-17(19(23)27)10-14-4-8-16(22)9-5-14/h2-9,17-18H,10-11H2,1H3,(H2,23,27)(H,24,26)(H,25,28)/t17-,18-/m0/s1. The van der Waals surface area contributed by atoms with E-state index in [-0.39, 0.29) is 12.8 Å². The summed E-state index contributed by atoms with van der Waals surface area (Å²) in [6.45, 7) is 1.29. The number of carbonyl (C=O) groups excluding carboxylic acids is 3. The smallest absolute Gasteiger partial charge is 0.243 e. The number of nitrogens with two attached hydrogens (primary N) is 1. The van der Waals surface area contributed by atoms with Crippen LogP contribution in [0.1, 0.15) is 18.1 Å². The molecule has 2 rings (SSSR count). The van der Waals surface area contributed by atoms with Crippen molar-refractivity contribution in [2.24, 2.45) is 5.73 Å². The fourth-order valence-electron chi connectivity index (χ4n) is 2.66. The van der Waals surface area contributed by atoms with E-state index >= 15 is 0 Å². The minimum Gasteiger partial charge on any atom is -0.368 e. The lowest BCUT2D eigenvalue weighted by molar-refractivity contribution is -0.130. The van der Waals surface area contributed by atoms with Crippen LogP contribution in [0.25, 0.3) is 0 Å².